The quantitative estimate of drug-likeness (QED) is 0.167. The van der Waals surface area contributed by atoms with Gasteiger partial charge in [0, 0.05) is 30.9 Å². The lowest BCUT2D eigenvalue weighted by Crippen LogP contribution is -1.91. The van der Waals surface area contributed by atoms with E-state index in [1.165, 1.54) is 85.5 Å². The van der Waals surface area contributed by atoms with Crippen molar-refractivity contribution in [3.63, 3.8) is 0 Å². The van der Waals surface area contributed by atoms with Gasteiger partial charge in [-0.2, -0.15) is 0 Å². The Hall–Kier alpha value is -6.74. The molecule has 12 rings (SSSR count). The Balaban J connectivity index is 1.04. The summed E-state index contributed by atoms with van der Waals surface area (Å²) in [5.74, 6) is 0. The van der Waals surface area contributed by atoms with Crippen molar-refractivity contribution in [1.82, 2.24) is 0 Å². The molecular weight excluding hydrogens is 673 g/mol. The van der Waals surface area contributed by atoms with Gasteiger partial charge in [-0.15, -0.1) is 11.3 Å². The fourth-order valence-corrected chi connectivity index (χ4v) is 10.2. The number of furan rings is 1. The first-order valence-electron chi connectivity index (χ1n) is 18.5. The second-order valence-electron chi connectivity index (χ2n) is 14.3. The average molecular weight is 703 g/mol. The van der Waals surface area contributed by atoms with Crippen molar-refractivity contribution in [2.45, 2.75) is 0 Å². The van der Waals surface area contributed by atoms with E-state index in [0.29, 0.717) is 0 Å². The van der Waals surface area contributed by atoms with Crippen LogP contribution in [0.1, 0.15) is 0 Å². The van der Waals surface area contributed by atoms with Gasteiger partial charge >= 0.3 is 0 Å². The maximum atomic E-state index is 6.77. The van der Waals surface area contributed by atoms with E-state index in [1.807, 2.05) is 11.3 Å². The van der Waals surface area contributed by atoms with Gasteiger partial charge in [-0.1, -0.05) is 146 Å². The van der Waals surface area contributed by atoms with Crippen LogP contribution in [0.15, 0.2) is 186 Å². The molecule has 0 radical (unpaired) electrons. The third kappa shape index (κ3) is 4.26. The highest BCUT2D eigenvalue weighted by Crippen LogP contribution is 2.47. The molecule has 0 spiro atoms. The molecule has 0 unspecified atom stereocenters. The molecular formula is C52H30OS. The normalized spacial score (nSPS) is 12.1. The first-order valence-corrected chi connectivity index (χ1v) is 19.3. The lowest BCUT2D eigenvalue weighted by atomic mass is 9.84. The highest BCUT2D eigenvalue weighted by Gasteiger charge is 2.19. The van der Waals surface area contributed by atoms with Gasteiger partial charge in [0.2, 0.25) is 0 Å². The Morgan fingerprint density at radius 2 is 0.852 bits per heavy atom. The van der Waals surface area contributed by atoms with Gasteiger partial charge in [0.25, 0.3) is 0 Å². The van der Waals surface area contributed by atoms with Crippen LogP contribution in [-0.4, -0.2) is 0 Å². The van der Waals surface area contributed by atoms with E-state index in [0.717, 1.165) is 33.1 Å². The summed E-state index contributed by atoms with van der Waals surface area (Å²) in [6, 6.07) is 66.6. The summed E-state index contributed by atoms with van der Waals surface area (Å²) in [5, 5.41) is 15.0. The maximum absolute atomic E-state index is 6.77. The summed E-state index contributed by atoms with van der Waals surface area (Å²) < 4.78 is 9.43. The molecule has 0 atom stereocenters. The zero-order valence-electron chi connectivity index (χ0n) is 29.1. The lowest BCUT2D eigenvalue weighted by Gasteiger charge is -2.18. The van der Waals surface area contributed by atoms with Crippen LogP contribution >= 0.6 is 11.3 Å². The molecule has 0 saturated carbocycles. The van der Waals surface area contributed by atoms with Crippen LogP contribution in [0.4, 0.5) is 0 Å². The van der Waals surface area contributed by atoms with Crippen molar-refractivity contribution < 1.29 is 4.42 Å². The largest absolute Gasteiger partial charge is 0.456 e. The monoisotopic (exact) mass is 702 g/mol. The van der Waals surface area contributed by atoms with E-state index in [2.05, 4.69) is 182 Å². The predicted molar refractivity (Wildman–Crippen MR) is 233 cm³/mol. The molecule has 1 nitrogen and oxygen atoms in total. The van der Waals surface area contributed by atoms with E-state index in [9.17, 15) is 0 Å². The van der Waals surface area contributed by atoms with Crippen LogP contribution in [0.5, 0.6) is 0 Å². The van der Waals surface area contributed by atoms with Crippen LogP contribution in [0.3, 0.4) is 0 Å². The van der Waals surface area contributed by atoms with Crippen molar-refractivity contribution in [3.05, 3.63) is 182 Å². The maximum Gasteiger partial charge on any atom is 0.136 e. The third-order valence-corrected chi connectivity index (χ3v) is 12.6. The van der Waals surface area contributed by atoms with Crippen molar-refractivity contribution >= 4 is 96.5 Å². The molecule has 250 valence electrons. The zero-order valence-corrected chi connectivity index (χ0v) is 30.0. The van der Waals surface area contributed by atoms with Crippen molar-refractivity contribution in [2.24, 2.45) is 0 Å². The van der Waals surface area contributed by atoms with E-state index in [1.54, 1.807) is 0 Å². The molecule has 2 heterocycles. The summed E-state index contributed by atoms with van der Waals surface area (Å²) in [4.78, 5) is 0. The highest BCUT2D eigenvalue weighted by atomic mass is 32.1. The molecule has 12 aromatic rings. The van der Waals surface area contributed by atoms with E-state index >= 15 is 0 Å². The summed E-state index contributed by atoms with van der Waals surface area (Å²) in [5.41, 5.74) is 9.10. The average Bonchev–Trinajstić information content (AvgIpc) is 3.80. The molecule has 2 heteroatoms. The minimum absolute atomic E-state index is 0.898. The molecule has 0 aliphatic heterocycles. The Bertz CT molecular complexity index is 3450. The fraction of sp³-hybridized carbons (Fsp3) is 0. The first-order chi connectivity index (χ1) is 26.8. The van der Waals surface area contributed by atoms with Gasteiger partial charge in [0.15, 0.2) is 0 Å². The van der Waals surface area contributed by atoms with Gasteiger partial charge in [-0.25, -0.2) is 0 Å². The number of hydrogen-bond donors (Lipinski definition) is 0. The predicted octanol–water partition coefficient (Wildman–Crippen LogP) is 15.6. The number of fused-ring (bicyclic) bond motifs is 11. The minimum Gasteiger partial charge on any atom is -0.456 e. The Labute approximate surface area is 314 Å². The molecule has 0 N–H and O–H groups in total. The van der Waals surface area contributed by atoms with Gasteiger partial charge in [-0.3, -0.25) is 0 Å². The number of benzene rings is 10. The molecule has 2 aromatic heterocycles. The van der Waals surface area contributed by atoms with Crippen molar-refractivity contribution in [3.8, 4) is 33.4 Å². The molecule has 0 aliphatic carbocycles. The first kappa shape index (κ1) is 29.8. The van der Waals surface area contributed by atoms with Gasteiger partial charge < -0.3 is 4.42 Å². The molecule has 0 bridgehead atoms. The smallest absolute Gasteiger partial charge is 0.136 e. The standard InChI is InChI=1S/C52H30OS/c1-2-13-34-31(11-1)12-9-20-39(34)51-43-16-5-3-14-41(43)50(42-15-4-6-17-44(42)51)33-24-26-38-37-25-23-32(29-46(37)53-47(38)30-33)35-19-10-21-40-36(35)27-28-49-52(40)45-18-7-8-22-48(45)54-49/h1-30H. The molecule has 0 saturated heterocycles. The van der Waals surface area contributed by atoms with E-state index < -0.39 is 0 Å². The third-order valence-electron chi connectivity index (χ3n) is 11.5. The molecule has 0 aliphatic rings. The van der Waals surface area contributed by atoms with Gasteiger partial charge in [0.1, 0.15) is 11.2 Å². The topological polar surface area (TPSA) is 13.1 Å². The van der Waals surface area contributed by atoms with E-state index in [4.69, 9.17) is 4.42 Å². The number of rotatable bonds is 3. The van der Waals surface area contributed by atoms with Crippen LogP contribution < -0.4 is 0 Å². The van der Waals surface area contributed by atoms with Crippen LogP contribution in [-0.2, 0) is 0 Å². The molecule has 10 aromatic carbocycles. The van der Waals surface area contributed by atoms with Crippen molar-refractivity contribution in [2.75, 3.05) is 0 Å². The SMILES string of the molecule is c1ccc2c(-c3c4ccccc4c(-c4ccc5c(c4)oc4cc(-c6cccc7c6ccc6sc8ccccc8c67)ccc45)c4ccccc34)cccc2c1. The summed E-state index contributed by atoms with van der Waals surface area (Å²) in [6.45, 7) is 0. The Morgan fingerprint density at radius 3 is 1.61 bits per heavy atom. The van der Waals surface area contributed by atoms with Gasteiger partial charge in [0.05, 0.1) is 0 Å². The Kier molecular flexibility index (Phi) is 6.28. The fourth-order valence-electron chi connectivity index (χ4n) is 9.11. The molecule has 0 fully saturated rings. The lowest BCUT2D eigenvalue weighted by molar-refractivity contribution is 0.669. The molecule has 54 heavy (non-hydrogen) atoms. The number of hydrogen-bond acceptors (Lipinski definition) is 2. The van der Waals surface area contributed by atoms with Crippen LogP contribution in [0.2, 0.25) is 0 Å². The number of thiophene rings is 1. The summed E-state index contributed by atoms with van der Waals surface area (Å²) in [7, 11) is 0. The molecule has 0 amide bonds. The van der Waals surface area contributed by atoms with Gasteiger partial charge in [-0.05, 0) is 113 Å². The highest BCUT2D eigenvalue weighted by molar-refractivity contribution is 7.26. The Morgan fingerprint density at radius 1 is 0.315 bits per heavy atom. The summed E-state index contributed by atoms with van der Waals surface area (Å²) in [6.07, 6.45) is 0. The minimum atomic E-state index is 0.898. The van der Waals surface area contributed by atoms with Crippen LogP contribution in [0.25, 0.3) is 119 Å². The summed E-state index contributed by atoms with van der Waals surface area (Å²) >= 11 is 1.87. The second kappa shape index (κ2) is 11.4. The van der Waals surface area contributed by atoms with Crippen molar-refractivity contribution in [1.29, 1.82) is 0 Å². The van der Waals surface area contributed by atoms with Crippen LogP contribution in [0, 0.1) is 0 Å². The van der Waals surface area contributed by atoms with E-state index in [-0.39, 0.29) is 0 Å². The zero-order chi connectivity index (χ0) is 35.3. The second-order valence-corrected chi connectivity index (χ2v) is 15.4.